The molecule has 124 valence electrons. The van der Waals surface area contributed by atoms with Gasteiger partial charge in [-0.2, -0.15) is 5.10 Å². The van der Waals surface area contributed by atoms with E-state index in [1.54, 1.807) is 13.0 Å². The van der Waals surface area contributed by atoms with E-state index in [1.807, 2.05) is 65.7 Å². The minimum atomic E-state index is -0.285. The molecule has 0 amide bonds. The zero-order chi connectivity index (χ0) is 17.2. The van der Waals surface area contributed by atoms with Gasteiger partial charge < -0.3 is 4.74 Å². The second-order valence-electron chi connectivity index (χ2n) is 5.10. The maximum atomic E-state index is 12.0. The van der Waals surface area contributed by atoms with E-state index in [1.165, 1.54) is 0 Å². The minimum absolute atomic E-state index is 0.123. The SMILES string of the molecule is C=CCN(/N=C(\CC(=O)OCC)c1ccccc1)c1ccccc1. The number of hydrogen-bond donors (Lipinski definition) is 0. The predicted molar refractivity (Wildman–Crippen MR) is 98.2 cm³/mol. The predicted octanol–water partition coefficient (Wildman–Crippen LogP) is 4.04. The second-order valence-corrected chi connectivity index (χ2v) is 5.10. The van der Waals surface area contributed by atoms with Gasteiger partial charge in [-0.1, -0.05) is 54.6 Å². The Morgan fingerprint density at radius 3 is 2.33 bits per heavy atom. The second kappa shape index (κ2) is 9.30. The fourth-order valence-corrected chi connectivity index (χ4v) is 2.25. The number of hydrazone groups is 1. The van der Waals surface area contributed by atoms with Crippen LogP contribution < -0.4 is 5.01 Å². The van der Waals surface area contributed by atoms with Crippen molar-refractivity contribution in [1.82, 2.24) is 0 Å². The monoisotopic (exact) mass is 322 g/mol. The van der Waals surface area contributed by atoms with Crippen molar-refractivity contribution in [3.05, 3.63) is 78.9 Å². The molecular weight excluding hydrogens is 300 g/mol. The maximum absolute atomic E-state index is 12.0. The molecule has 0 aromatic heterocycles. The van der Waals surface area contributed by atoms with Crippen LogP contribution in [0.3, 0.4) is 0 Å². The first kappa shape index (κ1) is 17.5. The highest BCUT2D eigenvalue weighted by atomic mass is 16.5. The van der Waals surface area contributed by atoms with E-state index in [2.05, 4.69) is 6.58 Å². The van der Waals surface area contributed by atoms with Gasteiger partial charge in [-0.05, 0) is 24.6 Å². The molecule has 2 aromatic carbocycles. The van der Waals surface area contributed by atoms with Crippen LogP contribution in [0, 0.1) is 0 Å². The van der Waals surface area contributed by atoms with E-state index in [0.717, 1.165) is 11.3 Å². The van der Waals surface area contributed by atoms with Gasteiger partial charge >= 0.3 is 5.97 Å². The molecule has 0 aliphatic carbocycles. The summed E-state index contributed by atoms with van der Waals surface area (Å²) in [5, 5.41) is 6.53. The van der Waals surface area contributed by atoms with Crippen LogP contribution in [-0.2, 0) is 9.53 Å². The molecule has 0 N–H and O–H groups in total. The Morgan fingerprint density at radius 1 is 1.12 bits per heavy atom. The molecule has 0 aliphatic heterocycles. The summed E-state index contributed by atoms with van der Waals surface area (Å²) < 4.78 is 5.08. The molecule has 4 nitrogen and oxygen atoms in total. The van der Waals surface area contributed by atoms with Crippen LogP contribution in [0.1, 0.15) is 18.9 Å². The number of nitrogens with zero attached hydrogens (tertiary/aromatic N) is 2. The highest BCUT2D eigenvalue weighted by Gasteiger charge is 2.13. The van der Waals surface area contributed by atoms with Crippen molar-refractivity contribution < 1.29 is 9.53 Å². The van der Waals surface area contributed by atoms with Crippen LogP contribution in [0.25, 0.3) is 0 Å². The molecule has 0 atom stereocenters. The Hall–Kier alpha value is -2.88. The van der Waals surface area contributed by atoms with E-state index in [0.29, 0.717) is 18.9 Å². The van der Waals surface area contributed by atoms with Crippen molar-refractivity contribution in [3.8, 4) is 0 Å². The fraction of sp³-hybridized carbons (Fsp3) is 0.200. The van der Waals surface area contributed by atoms with Crippen molar-refractivity contribution in [2.45, 2.75) is 13.3 Å². The molecule has 0 saturated carbocycles. The van der Waals surface area contributed by atoms with E-state index < -0.39 is 0 Å². The first-order valence-corrected chi connectivity index (χ1v) is 7.96. The summed E-state index contributed by atoms with van der Waals surface area (Å²) in [5.41, 5.74) is 2.50. The summed E-state index contributed by atoms with van der Waals surface area (Å²) in [6.45, 7) is 6.49. The third-order valence-electron chi connectivity index (χ3n) is 3.32. The quantitative estimate of drug-likeness (QED) is 0.319. The lowest BCUT2D eigenvalue weighted by atomic mass is 10.1. The third kappa shape index (κ3) is 5.09. The summed E-state index contributed by atoms with van der Waals surface area (Å²) in [5.74, 6) is -0.285. The molecule has 0 fully saturated rings. The molecule has 2 aromatic rings. The summed E-state index contributed by atoms with van der Waals surface area (Å²) in [6.07, 6.45) is 1.90. The molecule has 0 saturated heterocycles. The standard InChI is InChI=1S/C20H22N2O2/c1-3-15-22(18-13-9-6-10-14-18)21-19(16-20(23)24-4-2)17-11-7-5-8-12-17/h3,5-14H,1,4,15-16H2,2H3/b21-19+. The lowest BCUT2D eigenvalue weighted by Gasteiger charge is -2.19. The van der Waals surface area contributed by atoms with Gasteiger partial charge in [-0.3, -0.25) is 9.80 Å². The first-order valence-electron chi connectivity index (χ1n) is 7.96. The number of ether oxygens (including phenoxy) is 1. The summed E-state index contributed by atoms with van der Waals surface area (Å²) in [6, 6.07) is 19.5. The summed E-state index contributed by atoms with van der Waals surface area (Å²) >= 11 is 0. The van der Waals surface area contributed by atoms with Crippen molar-refractivity contribution in [2.24, 2.45) is 5.10 Å². The lowest BCUT2D eigenvalue weighted by molar-refractivity contribution is -0.141. The van der Waals surface area contributed by atoms with Gasteiger partial charge in [0, 0.05) is 0 Å². The molecule has 0 heterocycles. The molecule has 24 heavy (non-hydrogen) atoms. The van der Waals surface area contributed by atoms with E-state index in [4.69, 9.17) is 9.84 Å². The van der Waals surface area contributed by atoms with Gasteiger partial charge in [0.25, 0.3) is 0 Å². The Morgan fingerprint density at radius 2 is 1.75 bits per heavy atom. The van der Waals surface area contributed by atoms with Crippen LogP contribution >= 0.6 is 0 Å². The van der Waals surface area contributed by atoms with Gasteiger partial charge in [0.2, 0.25) is 0 Å². The molecular formula is C20H22N2O2. The Kier molecular flexibility index (Phi) is 6.77. The molecule has 0 bridgehead atoms. The van der Waals surface area contributed by atoms with E-state index in [9.17, 15) is 4.79 Å². The average Bonchev–Trinajstić information content (AvgIpc) is 2.62. The average molecular weight is 322 g/mol. The van der Waals surface area contributed by atoms with Crippen LogP contribution in [0.4, 0.5) is 5.69 Å². The van der Waals surface area contributed by atoms with Gasteiger partial charge in [-0.25, -0.2) is 0 Å². The highest BCUT2D eigenvalue weighted by Crippen LogP contribution is 2.16. The smallest absolute Gasteiger partial charge is 0.311 e. The van der Waals surface area contributed by atoms with Crippen LogP contribution in [-0.4, -0.2) is 24.8 Å². The fourth-order valence-electron chi connectivity index (χ4n) is 2.25. The number of carbonyl (C=O) groups is 1. The van der Waals surface area contributed by atoms with Crippen molar-refractivity contribution in [1.29, 1.82) is 0 Å². The molecule has 0 radical (unpaired) electrons. The summed E-state index contributed by atoms with van der Waals surface area (Å²) in [7, 11) is 0. The Labute approximate surface area is 143 Å². The van der Waals surface area contributed by atoms with Crippen LogP contribution in [0.5, 0.6) is 0 Å². The van der Waals surface area contributed by atoms with Crippen LogP contribution in [0.15, 0.2) is 78.4 Å². The van der Waals surface area contributed by atoms with Gasteiger partial charge in [0.15, 0.2) is 0 Å². The number of benzene rings is 2. The molecule has 4 heteroatoms. The number of carbonyl (C=O) groups excluding carboxylic acids is 1. The topological polar surface area (TPSA) is 41.9 Å². The van der Waals surface area contributed by atoms with Crippen molar-refractivity contribution in [3.63, 3.8) is 0 Å². The van der Waals surface area contributed by atoms with Crippen LogP contribution in [0.2, 0.25) is 0 Å². The minimum Gasteiger partial charge on any atom is -0.466 e. The van der Waals surface area contributed by atoms with Crippen molar-refractivity contribution in [2.75, 3.05) is 18.2 Å². The van der Waals surface area contributed by atoms with Gasteiger partial charge in [0.1, 0.15) is 0 Å². The number of esters is 1. The molecule has 0 unspecified atom stereocenters. The van der Waals surface area contributed by atoms with E-state index >= 15 is 0 Å². The number of anilines is 1. The largest absolute Gasteiger partial charge is 0.466 e. The first-order chi connectivity index (χ1) is 11.7. The molecule has 0 aliphatic rings. The summed E-state index contributed by atoms with van der Waals surface area (Å²) in [4.78, 5) is 12.0. The molecule has 0 spiro atoms. The number of rotatable bonds is 8. The normalized spacial score (nSPS) is 11.0. The molecule has 2 rings (SSSR count). The third-order valence-corrected chi connectivity index (χ3v) is 3.32. The van der Waals surface area contributed by atoms with Gasteiger partial charge in [0.05, 0.1) is 31.0 Å². The maximum Gasteiger partial charge on any atom is 0.311 e. The highest BCUT2D eigenvalue weighted by molar-refractivity contribution is 6.09. The van der Waals surface area contributed by atoms with Crippen molar-refractivity contribution >= 4 is 17.4 Å². The van der Waals surface area contributed by atoms with Gasteiger partial charge in [-0.15, -0.1) is 6.58 Å². The Bertz CT molecular complexity index is 681. The zero-order valence-corrected chi connectivity index (χ0v) is 13.9. The number of hydrogen-bond acceptors (Lipinski definition) is 4. The van der Waals surface area contributed by atoms with E-state index in [-0.39, 0.29) is 12.4 Å². The number of para-hydroxylation sites is 1. The lowest BCUT2D eigenvalue weighted by Crippen LogP contribution is -2.21. The Balaban J connectivity index is 2.37. The zero-order valence-electron chi connectivity index (χ0n) is 13.9.